The van der Waals surface area contributed by atoms with Crippen molar-refractivity contribution in [1.82, 2.24) is 0 Å². The monoisotopic (exact) mass is 208 g/mol. The van der Waals surface area contributed by atoms with Gasteiger partial charge >= 0.3 is 0 Å². The SMILES string of the molecule is CCOCC(=O)Nc1ccccc1CN. The minimum Gasteiger partial charge on any atom is -0.372 e. The Morgan fingerprint density at radius 1 is 1.47 bits per heavy atom. The summed E-state index contributed by atoms with van der Waals surface area (Å²) in [5, 5.41) is 2.75. The van der Waals surface area contributed by atoms with Gasteiger partial charge in [0.15, 0.2) is 0 Å². The average molecular weight is 208 g/mol. The van der Waals surface area contributed by atoms with Gasteiger partial charge in [-0.2, -0.15) is 0 Å². The Bertz CT molecular complexity index is 326. The summed E-state index contributed by atoms with van der Waals surface area (Å²) in [6.45, 7) is 2.87. The molecule has 1 aromatic carbocycles. The van der Waals surface area contributed by atoms with Crippen LogP contribution in [0.4, 0.5) is 5.69 Å². The number of nitrogens with one attached hydrogen (secondary N) is 1. The molecule has 0 radical (unpaired) electrons. The van der Waals surface area contributed by atoms with E-state index in [1.165, 1.54) is 0 Å². The van der Waals surface area contributed by atoms with Crippen LogP contribution >= 0.6 is 0 Å². The molecule has 0 saturated carbocycles. The summed E-state index contributed by atoms with van der Waals surface area (Å²) in [5.41, 5.74) is 7.22. The first kappa shape index (κ1) is 11.7. The Morgan fingerprint density at radius 2 is 2.20 bits per heavy atom. The van der Waals surface area contributed by atoms with Crippen molar-refractivity contribution in [2.45, 2.75) is 13.5 Å². The Kier molecular flexibility index (Phi) is 4.80. The molecule has 1 amide bonds. The molecule has 82 valence electrons. The number of hydrogen-bond donors (Lipinski definition) is 2. The lowest BCUT2D eigenvalue weighted by atomic mass is 10.2. The largest absolute Gasteiger partial charge is 0.372 e. The highest BCUT2D eigenvalue weighted by Crippen LogP contribution is 2.13. The molecule has 4 heteroatoms. The van der Waals surface area contributed by atoms with Gasteiger partial charge in [0.1, 0.15) is 6.61 Å². The third-order valence-electron chi connectivity index (χ3n) is 1.95. The van der Waals surface area contributed by atoms with Crippen LogP contribution in [0.3, 0.4) is 0 Å². The van der Waals surface area contributed by atoms with Gasteiger partial charge < -0.3 is 15.8 Å². The zero-order valence-corrected chi connectivity index (χ0v) is 8.82. The van der Waals surface area contributed by atoms with E-state index in [1.54, 1.807) is 0 Å². The molecule has 0 aliphatic heterocycles. The van der Waals surface area contributed by atoms with Gasteiger partial charge in [-0.05, 0) is 18.6 Å². The first-order valence-corrected chi connectivity index (χ1v) is 4.93. The van der Waals surface area contributed by atoms with Gasteiger partial charge in [0, 0.05) is 18.8 Å². The molecule has 0 heterocycles. The molecule has 4 nitrogen and oxygen atoms in total. The zero-order valence-electron chi connectivity index (χ0n) is 8.82. The topological polar surface area (TPSA) is 64.3 Å². The van der Waals surface area contributed by atoms with Crippen molar-refractivity contribution in [3.8, 4) is 0 Å². The van der Waals surface area contributed by atoms with Crippen LogP contribution in [0.1, 0.15) is 12.5 Å². The predicted octanol–water partition coefficient (Wildman–Crippen LogP) is 1.12. The minimum absolute atomic E-state index is 0.0788. The summed E-state index contributed by atoms with van der Waals surface area (Å²) >= 11 is 0. The maximum absolute atomic E-state index is 11.4. The second kappa shape index (κ2) is 6.16. The van der Waals surface area contributed by atoms with Crippen molar-refractivity contribution < 1.29 is 9.53 Å². The van der Waals surface area contributed by atoms with Gasteiger partial charge in [-0.15, -0.1) is 0 Å². The van der Waals surface area contributed by atoms with Crippen molar-refractivity contribution in [2.75, 3.05) is 18.5 Å². The fourth-order valence-corrected chi connectivity index (χ4v) is 1.20. The van der Waals surface area contributed by atoms with Crippen LogP contribution in [-0.2, 0) is 16.1 Å². The smallest absolute Gasteiger partial charge is 0.250 e. The highest BCUT2D eigenvalue weighted by Gasteiger charge is 2.04. The highest BCUT2D eigenvalue weighted by atomic mass is 16.5. The lowest BCUT2D eigenvalue weighted by molar-refractivity contribution is -0.120. The molecule has 0 bridgehead atoms. The molecule has 0 spiro atoms. The van der Waals surface area contributed by atoms with Crippen molar-refractivity contribution in [1.29, 1.82) is 0 Å². The molecular weight excluding hydrogens is 192 g/mol. The lowest BCUT2D eigenvalue weighted by Crippen LogP contribution is -2.19. The summed E-state index contributed by atoms with van der Waals surface area (Å²) in [4.78, 5) is 11.4. The number of carbonyl (C=O) groups excluding carboxylic acids is 1. The number of benzene rings is 1. The van der Waals surface area contributed by atoms with E-state index in [-0.39, 0.29) is 12.5 Å². The van der Waals surface area contributed by atoms with E-state index in [0.717, 1.165) is 11.3 Å². The third kappa shape index (κ3) is 3.69. The van der Waals surface area contributed by atoms with Crippen LogP contribution < -0.4 is 11.1 Å². The second-order valence-corrected chi connectivity index (χ2v) is 3.05. The number of amides is 1. The van der Waals surface area contributed by atoms with E-state index in [1.807, 2.05) is 31.2 Å². The number of para-hydroxylation sites is 1. The Balaban J connectivity index is 2.59. The van der Waals surface area contributed by atoms with Gasteiger partial charge in [0.05, 0.1) is 0 Å². The maximum Gasteiger partial charge on any atom is 0.250 e. The van der Waals surface area contributed by atoms with E-state index >= 15 is 0 Å². The molecule has 15 heavy (non-hydrogen) atoms. The maximum atomic E-state index is 11.4. The molecule has 0 saturated heterocycles. The summed E-state index contributed by atoms with van der Waals surface area (Å²) < 4.78 is 5.00. The average Bonchev–Trinajstić information content (AvgIpc) is 2.27. The number of carbonyl (C=O) groups is 1. The molecular formula is C11H16N2O2. The van der Waals surface area contributed by atoms with Crippen LogP contribution in [0.25, 0.3) is 0 Å². The van der Waals surface area contributed by atoms with Gasteiger partial charge in [0.25, 0.3) is 0 Å². The second-order valence-electron chi connectivity index (χ2n) is 3.05. The van der Waals surface area contributed by atoms with Crippen molar-refractivity contribution in [3.63, 3.8) is 0 Å². The molecule has 3 N–H and O–H groups in total. The molecule has 1 aromatic rings. The summed E-state index contributed by atoms with van der Waals surface area (Å²) in [7, 11) is 0. The number of ether oxygens (including phenoxy) is 1. The Hall–Kier alpha value is -1.39. The van der Waals surface area contributed by atoms with Crippen LogP contribution in [0.15, 0.2) is 24.3 Å². The van der Waals surface area contributed by atoms with E-state index in [2.05, 4.69) is 5.32 Å². The predicted molar refractivity (Wildman–Crippen MR) is 59.5 cm³/mol. The van der Waals surface area contributed by atoms with Crippen molar-refractivity contribution in [2.24, 2.45) is 5.73 Å². The van der Waals surface area contributed by atoms with Crippen LogP contribution in [-0.4, -0.2) is 19.1 Å². The number of hydrogen-bond acceptors (Lipinski definition) is 3. The Morgan fingerprint density at radius 3 is 2.87 bits per heavy atom. The minimum atomic E-state index is -0.155. The molecule has 0 aliphatic carbocycles. The number of nitrogens with two attached hydrogens (primary N) is 1. The fourth-order valence-electron chi connectivity index (χ4n) is 1.20. The van der Waals surface area contributed by atoms with Crippen LogP contribution in [0, 0.1) is 0 Å². The number of anilines is 1. The normalized spacial score (nSPS) is 10.0. The summed E-state index contributed by atoms with van der Waals surface area (Å²) in [6.07, 6.45) is 0. The molecule has 0 fully saturated rings. The highest BCUT2D eigenvalue weighted by molar-refractivity contribution is 5.92. The van der Waals surface area contributed by atoms with E-state index in [4.69, 9.17) is 10.5 Å². The van der Waals surface area contributed by atoms with E-state index in [9.17, 15) is 4.79 Å². The molecule has 0 atom stereocenters. The van der Waals surface area contributed by atoms with Crippen LogP contribution in [0.5, 0.6) is 0 Å². The van der Waals surface area contributed by atoms with Crippen molar-refractivity contribution in [3.05, 3.63) is 29.8 Å². The standard InChI is InChI=1S/C11H16N2O2/c1-2-15-8-11(14)13-10-6-4-3-5-9(10)7-12/h3-6H,2,7-8,12H2,1H3,(H,13,14). The number of rotatable bonds is 5. The molecule has 0 aliphatic rings. The molecule has 0 aromatic heterocycles. The van der Waals surface area contributed by atoms with Gasteiger partial charge in [-0.1, -0.05) is 18.2 Å². The zero-order chi connectivity index (χ0) is 11.1. The third-order valence-corrected chi connectivity index (χ3v) is 1.95. The quantitative estimate of drug-likeness (QED) is 0.762. The Labute approximate surface area is 89.4 Å². The summed E-state index contributed by atoms with van der Waals surface area (Å²) in [5.74, 6) is -0.155. The first-order chi connectivity index (χ1) is 7.27. The molecule has 0 unspecified atom stereocenters. The van der Waals surface area contributed by atoms with Gasteiger partial charge in [-0.3, -0.25) is 4.79 Å². The first-order valence-electron chi connectivity index (χ1n) is 4.93. The van der Waals surface area contributed by atoms with E-state index < -0.39 is 0 Å². The molecule has 1 rings (SSSR count). The fraction of sp³-hybridized carbons (Fsp3) is 0.364. The lowest BCUT2D eigenvalue weighted by Gasteiger charge is -2.09. The van der Waals surface area contributed by atoms with Crippen molar-refractivity contribution >= 4 is 11.6 Å². The van der Waals surface area contributed by atoms with Gasteiger partial charge in [0.2, 0.25) is 5.91 Å². The van der Waals surface area contributed by atoms with Gasteiger partial charge in [-0.25, -0.2) is 0 Å². The van der Waals surface area contributed by atoms with Crippen LogP contribution in [0.2, 0.25) is 0 Å². The summed E-state index contributed by atoms with van der Waals surface area (Å²) in [6, 6.07) is 7.46. The van der Waals surface area contributed by atoms with E-state index in [0.29, 0.717) is 13.2 Å².